The second-order valence-corrected chi connectivity index (χ2v) is 4.22. The maximum atomic E-state index is 11.6. The molecule has 1 amide bonds. The molecule has 16 heavy (non-hydrogen) atoms. The molecular formula is C13H20N2O. The molecule has 0 saturated heterocycles. The SMILES string of the molecule is Cc1ccc(CN(C)C(=O)CCN)c(C)c1. The molecule has 0 bridgehead atoms. The first-order chi connectivity index (χ1) is 7.54. The largest absolute Gasteiger partial charge is 0.341 e. The fraction of sp³-hybridized carbons (Fsp3) is 0.462. The summed E-state index contributed by atoms with van der Waals surface area (Å²) in [6, 6.07) is 6.29. The van der Waals surface area contributed by atoms with Crippen molar-refractivity contribution in [1.82, 2.24) is 4.90 Å². The van der Waals surface area contributed by atoms with Gasteiger partial charge in [-0.3, -0.25) is 4.79 Å². The van der Waals surface area contributed by atoms with Crippen LogP contribution >= 0.6 is 0 Å². The molecule has 0 aromatic heterocycles. The second-order valence-electron chi connectivity index (χ2n) is 4.22. The predicted octanol–water partition coefficient (Wildman–Crippen LogP) is 1.61. The summed E-state index contributed by atoms with van der Waals surface area (Å²) in [4.78, 5) is 13.3. The number of nitrogens with zero attached hydrogens (tertiary/aromatic N) is 1. The van der Waals surface area contributed by atoms with Crippen molar-refractivity contribution in [3.05, 3.63) is 34.9 Å². The Morgan fingerprint density at radius 3 is 2.62 bits per heavy atom. The average Bonchev–Trinajstić information content (AvgIpc) is 2.22. The number of nitrogens with two attached hydrogens (primary N) is 1. The highest BCUT2D eigenvalue weighted by Crippen LogP contribution is 2.12. The van der Waals surface area contributed by atoms with Gasteiger partial charge >= 0.3 is 0 Å². The van der Waals surface area contributed by atoms with Gasteiger partial charge in [0, 0.05) is 26.6 Å². The molecule has 0 atom stereocenters. The monoisotopic (exact) mass is 220 g/mol. The first-order valence-electron chi connectivity index (χ1n) is 5.54. The third-order valence-electron chi connectivity index (χ3n) is 2.69. The zero-order valence-corrected chi connectivity index (χ0v) is 10.3. The van der Waals surface area contributed by atoms with Gasteiger partial charge in [0.25, 0.3) is 0 Å². The molecule has 0 radical (unpaired) electrons. The molecule has 1 aromatic carbocycles. The van der Waals surface area contributed by atoms with Crippen LogP contribution in [-0.2, 0) is 11.3 Å². The number of aryl methyl sites for hydroxylation is 2. The van der Waals surface area contributed by atoms with E-state index >= 15 is 0 Å². The van der Waals surface area contributed by atoms with Crippen molar-refractivity contribution in [2.75, 3.05) is 13.6 Å². The van der Waals surface area contributed by atoms with Crippen molar-refractivity contribution in [2.24, 2.45) is 5.73 Å². The highest BCUT2D eigenvalue weighted by atomic mass is 16.2. The summed E-state index contributed by atoms with van der Waals surface area (Å²) in [6.07, 6.45) is 0.418. The van der Waals surface area contributed by atoms with Crippen molar-refractivity contribution in [3.8, 4) is 0 Å². The summed E-state index contributed by atoms with van der Waals surface area (Å²) in [6.45, 7) is 5.21. The van der Waals surface area contributed by atoms with E-state index in [2.05, 4.69) is 32.0 Å². The minimum absolute atomic E-state index is 0.0995. The van der Waals surface area contributed by atoms with Gasteiger partial charge in [-0.25, -0.2) is 0 Å². The summed E-state index contributed by atoms with van der Waals surface area (Å²) in [5, 5.41) is 0. The van der Waals surface area contributed by atoms with Gasteiger partial charge in [0.05, 0.1) is 0 Å². The van der Waals surface area contributed by atoms with Crippen LogP contribution in [-0.4, -0.2) is 24.4 Å². The van der Waals surface area contributed by atoms with Gasteiger partial charge in [-0.2, -0.15) is 0 Å². The van der Waals surface area contributed by atoms with Crippen LogP contribution in [0.1, 0.15) is 23.1 Å². The lowest BCUT2D eigenvalue weighted by Gasteiger charge is -2.18. The highest BCUT2D eigenvalue weighted by Gasteiger charge is 2.09. The van der Waals surface area contributed by atoms with Crippen LogP contribution in [0, 0.1) is 13.8 Å². The molecular weight excluding hydrogens is 200 g/mol. The van der Waals surface area contributed by atoms with Gasteiger partial charge in [0.2, 0.25) is 5.91 Å². The summed E-state index contributed by atoms with van der Waals surface area (Å²) in [5.41, 5.74) is 9.03. The molecule has 0 aliphatic rings. The van der Waals surface area contributed by atoms with Crippen LogP contribution in [0.2, 0.25) is 0 Å². The lowest BCUT2D eigenvalue weighted by Crippen LogP contribution is -2.28. The zero-order chi connectivity index (χ0) is 12.1. The van der Waals surface area contributed by atoms with Crippen LogP contribution in [0.4, 0.5) is 0 Å². The van der Waals surface area contributed by atoms with Crippen molar-refractivity contribution >= 4 is 5.91 Å². The number of rotatable bonds is 4. The van der Waals surface area contributed by atoms with Gasteiger partial charge in [0.1, 0.15) is 0 Å². The van der Waals surface area contributed by atoms with E-state index in [0.29, 0.717) is 19.5 Å². The number of hydrogen-bond acceptors (Lipinski definition) is 2. The van der Waals surface area contributed by atoms with Gasteiger partial charge in [-0.05, 0) is 25.0 Å². The third kappa shape index (κ3) is 3.35. The summed E-state index contributed by atoms with van der Waals surface area (Å²) < 4.78 is 0. The minimum atomic E-state index is 0.0995. The molecule has 88 valence electrons. The Hall–Kier alpha value is -1.35. The van der Waals surface area contributed by atoms with Gasteiger partial charge in [-0.15, -0.1) is 0 Å². The fourth-order valence-electron chi connectivity index (χ4n) is 1.68. The number of benzene rings is 1. The van der Waals surface area contributed by atoms with Crippen LogP contribution in [0.15, 0.2) is 18.2 Å². The number of hydrogen-bond donors (Lipinski definition) is 1. The van der Waals surface area contributed by atoms with Crippen LogP contribution < -0.4 is 5.73 Å². The molecule has 3 heteroatoms. The van der Waals surface area contributed by atoms with E-state index in [1.165, 1.54) is 16.7 Å². The molecule has 0 fully saturated rings. The maximum absolute atomic E-state index is 11.6. The highest BCUT2D eigenvalue weighted by molar-refractivity contribution is 5.76. The zero-order valence-electron chi connectivity index (χ0n) is 10.3. The average molecular weight is 220 g/mol. The number of amides is 1. The smallest absolute Gasteiger partial charge is 0.223 e. The standard InChI is InChI=1S/C13H20N2O/c1-10-4-5-12(11(2)8-10)9-15(3)13(16)6-7-14/h4-5,8H,6-7,9,14H2,1-3H3. The first kappa shape index (κ1) is 12.7. The van der Waals surface area contributed by atoms with E-state index < -0.39 is 0 Å². The van der Waals surface area contributed by atoms with E-state index in [0.717, 1.165) is 0 Å². The maximum Gasteiger partial charge on any atom is 0.223 e. The summed E-state index contributed by atoms with van der Waals surface area (Å²) in [5.74, 6) is 0.0995. The Morgan fingerprint density at radius 2 is 2.06 bits per heavy atom. The first-order valence-corrected chi connectivity index (χ1v) is 5.54. The normalized spacial score (nSPS) is 10.2. The van der Waals surface area contributed by atoms with Crippen molar-refractivity contribution < 1.29 is 4.79 Å². The quantitative estimate of drug-likeness (QED) is 0.838. The molecule has 2 N–H and O–H groups in total. The Kier molecular flexibility index (Phi) is 4.50. The molecule has 0 saturated carbocycles. The van der Waals surface area contributed by atoms with Crippen LogP contribution in [0.3, 0.4) is 0 Å². The Balaban J connectivity index is 2.69. The van der Waals surface area contributed by atoms with E-state index in [-0.39, 0.29) is 5.91 Å². The summed E-state index contributed by atoms with van der Waals surface area (Å²) >= 11 is 0. The minimum Gasteiger partial charge on any atom is -0.341 e. The fourth-order valence-corrected chi connectivity index (χ4v) is 1.68. The lowest BCUT2D eigenvalue weighted by molar-refractivity contribution is -0.130. The van der Waals surface area contributed by atoms with Crippen LogP contribution in [0.5, 0.6) is 0 Å². The van der Waals surface area contributed by atoms with Gasteiger partial charge in [0.15, 0.2) is 0 Å². The molecule has 0 spiro atoms. The molecule has 0 aliphatic heterocycles. The van der Waals surface area contributed by atoms with Crippen molar-refractivity contribution in [3.63, 3.8) is 0 Å². The third-order valence-corrected chi connectivity index (χ3v) is 2.69. The number of carbonyl (C=O) groups is 1. The summed E-state index contributed by atoms with van der Waals surface area (Å²) in [7, 11) is 1.82. The van der Waals surface area contributed by atoms with Crippen LogP contribution in [0.25, 0.3) is 0 Å². The topological polar surface area (TPSA) is 46.3 Å². The van der Waals surface area contributed by atoms with E-state index in [4.69, 9.17) is 5.73 Å². The van der Waals surface area contributed by atoms with E-state index in [1.54, 1.807) is 4.90 Å². The number of carbonyl (C=O) groups excluding carboxylic acids is 1. The molecule has 1 aromatic rings. The molecule has 0 unspecified atom stereocenters. The van der Waals surface area contributed by atoms with Crippen molar-refractivity contribution in [1.29, 1.82) is 0 Å². The van der Waals surface area contributed by atoms with Gasteiger partial charge in [-0.1, -0.05) is 23.8 Å². The Bertz CT molecular complexity index is 374. The van der Waals surface area contributed by atoms with Crippen molar-refractivity contribution in [2.45, 2.75) is 26.8 Å². The molecule has 0 heterocycles. The molecule has 1 rings (SSSR count). The van der Waals surface area contributed by atoms with E-state index in [1.807, 2.05) is 7.05 Å². The molecule has 0 aliphatic carbocycles. The second kappa shape index (κ2) is 5.66. The van der Waals surface area contributed by atoms with Gasteiger partial charge < -0.3 is 10.6 Å². The lowest BCUT2D eigenvalue weighted by atomic mass is 10.1. The van der Waals surface area contributed by atoms with E-state index in [9.17, 15) is 4.79 Å². The predicted molar refractivity (Wildman–Crippen MR) is 66.1 cm³/mol. The molecule has 3 nitrogen and oxygen atoms in total. The Labute approximate surface area is 97.2 Å². The Morgan fingerprint density at radius 1 is 1.38 bits per heavy atom.